The van der Waals surface area contributed by atoms with E-state index in [4.69, 9.17) is 4.74 Å². The topological polar surface area (TPSA) is 147 Å². The van der Waals surface area contributed by atoms with Gasteiger partial charge in [0.25, 0.3) is 5.16 Å². The van der Waals surface area contributed by atoms with Crippen LogP contribution in [0.2, 0.25) is 0 Å². The van der Waals surface area contributed by atoms with Crippen LogP contribution in [0.5, 0.6) is 0 Å². The van der Waals surface area contributed by atoms with E-state index >= 15 is 0 Å². The Labute approximate surface area is 194 Å². The van der Waals surface area contributed by atoms with Crippen LogP contribution in [0.25, 0.3) is 11.1 Å². The average molecular weight is 489 g/mol. The molecule has 0 spiro atoms. The molecular weight excluding hydrogens is 467 g/mol. The third kappa shape index (κ3) is 4.59. The molecule has 34 heavy (non-hydrogen) atoms. The number of sulfone groups is 1. The van der Waals surface area contributed by atoms with E-state index in [1.54, 1.807) is 30.3 Å². The van der Waals surface area contributed by atoms with Gasteiger partial charge in [-0.3, -0.25) is 9.69 Å². The summed E-state index contributed by atoms with van der Waals surface area (Å²) in [6.45, 7) is 3.22. The monoisotopic (exact) mass is 488 g/mol. The summed E-state index contributed by atoms with van der Waals surface area (Å²) in [7, 11) is -3.83. The van der Waals surface area contributed by atoms with Crippen LogP contribution in [0.1, 0.15) is 24.7 Å². The first-order valence-electron chi connectivity index (χ1n) is 10.3. The molecule has 0 bridgehead atoms. The van der Waals surface area contributed by atoms with Crippen molar-refractivity contribution in [3.8, 4) is 11.1 Å². The van der Waals surface area contributed by atoms with Crippen LogP contribution in [0, 0.1) is 5.82 Å². The Hall–Kier alpha value is -3.87. The van der Waals surface area contributed by atoms with E-state index in [0.29, 0.717) is 16.8 Å². The summed E-state index contributed by atoms with van der Waals surface area (Å²) in [6, 6.07) is 10.8. The second-order valence-electron chi connectivity index (χ2n) is 7.72. The number of rotatable bonds is 7. The van der Waals surface area contributed by atoms with Crippen LogP contribution in [0.3, 0.4) is 0 Å². The number of aromatic nitrogens is 4. The number of halogens is 1. The maximum Gasteiger partial charge on any atom is 0.414 e. The highest BCUT2D eigenvalue weighted by Crippen LogP contribution is 2.31. The van der Waals surface area contributed by atoms with Crippen molar-refractivity contribution in [2.75, 3.05) is 18.0 Å². The van der Waals surface area contributed by atoms with Gasteiger partial charge in [-0.25, -0.2) is 17.6 Å². The number of H-pyrrole nitrogens is 1. The first kappa shape index (κ1) is 23.3. The van der Waals surface area contributed by atoms with Gasteiger partial charge in [-0.15, -0.1) is 5.10 Å². The number of carbonyl (C=O) groups excluding carboxylic acids is 2. The first-order chi connectivity index (χ1) is 16.2. The molecule has 2 amide bonds. The molecule has 0 saturated carbocycles. The Balaban J connectivity index is 1.50. The van der Waals surface area contributed by atoms with Gasteiger partial charge in [0, 0.05) is 12.5 Å². The fourth-order valence-corrected chi connectivity index (χ4v) is 4.70. The molecule has 1 saturated heterocycles. The number of tetrazole rings is 1. The molecule has 2 N–H and O–H groups in total. The van der Waals surface area contributed by atoms with Gasteiger partial charge in [0.1, 0.15) is 11.9 Å². The molecule has 13 heteroatoms. The number of amides is 2. The van der Waals surface area contributed by atoms with E-state index in [1.165, 1.54) is 30.9 Å². The van der Waals surface area contributed by atoms with Gasteiger partial charge in [-0.2, -0.15) is 5.21 Å². The molecule has 2 atom stereocenters. The second kappa shape index (κ2) is 9.17. The van der Waals surface area contributed by atoms with Gasteiger partial charge in [-0.05, 0) is 41.5 Å². The zero-order valence-corrected chi connectivity index (χ0v) is 19.0. The molecule has 1 fully saturated rings. The van der Waals surface area contributed by atoms with Crippen molar-refractivity contribution in [3.63, 3.8) is 0 Å². The smallest absolute Gasteiger partial charge is 0.414 e. The number of hydrogen-bond donors (Lipinski definition) is 2. The summed E-state index contributed by atoms with van der Waals surface area (Å²) in [5.74, 6) is -0.798. The predicted molar refractivity (Wildman–Crippen MR) is 118 cm³/mol. The van der Waals surface area contributed by atoms with Crippen LogP contribution in [-0.4, -0.2) is 60.2 Å². The van der Waals surface area contributed by atoms with Crippen LogP contribution in [0.4, 0.5) is 14.9 Å². The minimum Gasteiger partial charge on any atom is -0.442 e. The molecule has 11 nitrogen and oxygen atoms in total. The number of hydrogen-bond acceptors (Lipinski definition) is 8. The number of nitrogens with zero attached hydrogens (tertiary/aromatic N) is 4. The molecule has 1 aromatic heterocycles. The van der Waals surface area contributed by atoms with E-state index < -0.39 is 38.3 Å². The maximum absolute atomic E-state index is 14.9. The fraction of sp³-hybridized carbons (Fsp3) is 0.286. The Morgan fingerprint density at radius 1 is 1.29 bits per heavy atom. The highest BCUT2D eigenvalue weighted by Gasteiger charge is 2.33. The number of ether oxygens (including phenoxy) is 1. The van der Waals surface area contributed by atoms with Crippen molar-refractivity contribution in [1.29, 1.82) is 0 Å². The minimum atomic E-state index is -3.83. The second-order valence-corrected chi connectivity index (χ2v) is 9.88. The Morgan fingerprint density at radius 3 is 2.65 bits per heavy atom. The van der Waals surface area contributed by atoms with Crippen LogP contribution in [0.15, 0.2) is 47.6 Å². The highest BCUT2D eigenvalue weighted by molar-refractivity contribution is 7.91. The van der Waals surface area contributed by atoms with E-state index in [0.717, 1.165) is 0 Å². The standard InChI is InChI=1S/C21H21FN6O5S/c1-12(34(31,32)20-24-26-27-25-20)14-3-5-15(6-4-14)18-8-7-16(9-19(18)22)28-11-17(33-21(28)30)10-23-13(2)29/h3-9,12,17H,10-11H2,1-2H3,(H,23,29)(H,24,25,26,27). The van der Waals surface area contributed by atoms with Crippen molar-refractivity contribution < 1.29 is 27.1 Å². The van der Waals surface area contributed by atoms with E-state index in [9.17, 15) is 22.4 Å². The lowest BCUT2D eigenvalue weighted by Gasteiger charge is -2.15. The molecular formula is C21H21FN6O5S. The lowest BCUT2D eigenvalue weighted by molar-refractivity contribution is -0.119. The highest BCUT2D eigenvalue weighted by atomic mass is 32.2. The van der Waals surface area contributed by atoms with Crippen molar-refractivity contribution in [1.82, 2.24) is 25.9 Å². The zero-order chi connectivity index (χ0) is 24.5. The van der Waals surface area contributed by atoms with Crippen LogP contribution >= 0.6 is 0 Å². The van der Waals surface area contributed by atoms with Gasteiger partial charge in [0.15, 0.2) is 0 Å². The summed E-state index contributed by atoms with van der Waals surface area (Å²) < 4.78 is 45.3. The van der Waals surface area contributed by atoms with Gasteiger partial charge >= 0.3 is 6.09 Å². The van der Waals surface area contributed by atoms with Crippen molar-refractivity contribution in [2.45, 2.75) is 30.4 Å². The Bertz CT molecular complexity index is 1310. The summed E-state index contributed by atoms with van der Waals surface area (Å²) in [6.07, 6.45) is -1.15. The molecule has 0 aliphatic carbocycles. The van der Waals surface area contributed by atoms with E-state index in [1.807, 2.05) is 0 Å². The number of aromatic amines is 1. The van der Waals surface area contributed by atoms with E-state index in [2.05, 4.69) is 25.9 Å². The SMILES string of the molecule is CC(=O)NCC1CN(c2ccc(-c3ccc(C(C)S(=O)(=O)c4nn[nH]n4)cc3)c(F)c2)C(=O)O1. The summed E-state index contributed by atoms with van der Waals surface area (Å²) in [5, 5.41) is 13.7. The van der Waals surface area contributed by atoms with Gasteiger partial charge in [0.2, 0.25) is 15.7 Å². The number of nitrogens with one attached hydrogen (secondary N) is 2. The molecule has 3 aromatic rings. The molecule has 1 aliphatic rings. The zero-order valence-electron chi connectivity index (χ0n) is 18.2. The van der Waals surface area contributed by atoms with Gasteiger partial charge < -0.3 is 10.1 Å². The number of cyclic esters (lactones) is 1. The van der Waals surface area contributed by atoms with Gasteiger partial charge in [0.05, 0.1) is 24.0 Å². The summed E-state index contributed by atoms with van der Waals surface area (Å²) in [4.78, 5) is 24.5. The van der Waals surface area contributed by atoms with E-state index in [-0.39, 0.29) is 24.6 Å². The summed E-state index contributed by atoms with van der Waals surface area (Å²) in [5.41, 5.74) is 1.62. The van der Waals surface area contributed by atoms with Crippen molar-refractivity contribution >= 4 is 27.5 Å². The average Bonchev–Trinajstić information content (AvgIpc) is 3.48. The minimum absolute atomic E-state index is 0.172. The van der Waals surface area contributed by atoms with Crippen LogP contribution in [-0.2, 0) is 19.4 Å². The number of benzene rings is 2. The Morgan fingerprint density at radius 2 is 2.03 bits per heavy atom. The largest absolute Gasteiger partial charge is 0.442 e. The lowest BCUT2D eigenvalue weighted by atomic mass is 10.0. The van der Waals surface area contributed by atoms with Crippen molar-refractivity contribution in [3.05, 3.63) is 53.8 Å². The van der Waals surface area contributed by atoms with Crippen LogP contribution < -0.4 is 10.2 Å². The molecule has 2 unspecified atom stereocenters. The molecule has 2 aromatic carbocycles. The summed E-state index contributed by atoms with van der Waals surface area (Å²) >= 11 is 0. The number of carbonyl (C=O) groups is 2. The predicted octanol–water partition coefficient (Wildman–Crippen LogP) is 2.00. The first-order valence-corrected chi connectivity index (χ1v) is 11.8. The lowest BCUT2D eigenvalue weighted by Crippen LogP contribution is -2.33. The molecule has 178 valence electrons. The van der Waals surface area contributed by atoms with Gasteiger partial charge in [-0.1, -0.05) is 29.4 Å². The third-order valence-corrected chi connectivity index (χ3v) is 7.34. The molecule has 0 radical (unpaired) electrons. The normalized spacial score (nSPS) is 16.9. The molecule has 4 rings (SSSR count). The third-order valence-electron chi connectivity index (χ3n) is 5.45. The number of anilines is 1. The maximum atomic E-state index is 14.9. The molecule has 2 heterocycles. The molecule has 1 aliphatic heterocycles. The quantitative estimate of drug-likeness (QED) is 0.513. The van der Waals surface area contributed by atoms with Crippen molar-refractivity contribution in [2.24, 2.45) is 0 Å². The fourth-order valence-electron chi connectivity index (χ4n) is 3.55. The Kier molecular flexibility index (Phi) is 6.28.